The first-order chi connectivity index (χ1) is 12.2. The highest BCUT2D eigenvalue weighted by atomic mass is 32.1. The molecule has 0 radical (unpaired) electrons. The Morgan fingerprint density at radius 3 is 2.69 bits per heavy atom. The molecule has 0 fully saturated rings. The molecule has 0 aliphatic rings. The van der Waals surface area contributed by atoms with Crippen LogP contribution in [0.4, 0.5) is 13.2 Å². The SMILES string of the molecule is CCc1cc(C(=O)NCC(O)COc2cccc(C(F)(F)F)c2)sc1C. The zero-order valence-electron chi connectivity index (χ0n) is 14.4. The van der Waals surface area contributed by atoms with Crippen LogP contribution in [0.2, 0.25) is 0 Å². The van der Waals surface area contributed by atoms with Gasteiger partial charge in [-0.15, -0.1) is 11.3 Å². The second-order valence-electron chi connectivity index (χ2n) is 5.75. The molecule has 1 heterocycles. The average molecular weight is 387 g/mol. The fourth-order valence-electron chi connectivity index (χ4n) is 2.29. The maximum Gasteiger partial charge on any atom is 0.416 e. The summed E-state index contributed by atoms with van der Waals surface area (Å²) in [6.07, 6.45) is -4.66. The van der Waals surface area contributed by atoms with Crippen molar-refractivity contribution in [3.63, 3.8) is 0 Å². The lowest BCUT2D eigenvalue weighted by Crippen LogP contribution is -2.35. The standard InChI is InChI=1S/C18H20F3NO3S/c1-3-12-7-16(26-11(12)2)17(24)22-9-14(23)10-25-15-6-4-5-13(8-15)18(19,20)21/h4-8,14,23H,3,9-10H2,1-2H3,(H,22,24). The van der Waals surface area contributed by atoms with Gasteiger partial charge in [0.2, 0.25) is 0 Å². The van der Waals surface area contributed by atoms with E-state index in [0.717, 1.165) is 29.0 Å². The van der Waals surface area contributed by atoms with Crippen LogP contribution in [-0.2, 0) is 12.6 Å². The molecule has 0 aliphatic heterocycles. The number of amides is 1. The highest BCUT2D eigenvalue weighted by molar-refractivity contribution is 7.14. The summed E-state index contributed by atoms with van der Waals surface area (Å²) < 4.78 is 43.1. The van der Waals surface area contributed by atoms with E-state index in [1.165, 1.54) is 23.5 Å². The van der Waals surface area contributed by atoms with Crippen LogP contribution in [0.15, 0.2) is 30.3 Å². The minimum absolute atomic E-state index is 0.00618. The van der Waals surface area contributed by atoms with Crippen molar-refractivity contribution in [2.24, 2.45) is 0 Å². The molecule has 1 aromatic heterocycles. The molecule has 1 atom stereocenters. The molecule has 142 valence electrons. The van der Waals surface area contributed by atoms with Crippen LogP contribution in [0.25, 0.3) is 0 Å². The van der Waals surface area contributed by atoms with Gasteiger partial charge in [-0.2, -0.15) is 13.2 Å². The molecule has 26 heavy (non-hydrogen) atoms. The van der Waals surface area contributed by atoms with Crippen LogP contribution >= 0.6 is 11.3 Å². The summed E-state index contributed by atoms with van der Waals surface area (Å²) in [7, 11) is 0. The fraction of sp³-hybridized carbons (Fsp3) is 0.389. The number of thiophene rings is 1. The molecule has 2 N–H and O–H groups in total. The number of nitrogens with one attached hydrogen (secondary N) is 1. The number of ether oxygens (including phenoxy) is 1. The molecule has 2 aromatic rings. The Labute approximate surface area is 153 Å². The van der Waals surface area contributed by atoms with Crippen molar-refractivity contribution < 1.29 is 27.8 Å². The number of benzene rings is 1. The van der Waals surface area contributed by atoms with E-state index in [-0.39, 0.29) is 24.8 Å². The summed E-state index contributed by atoms with van der Waals surface area (Å²) in [5, 5.41) is 12.5. The predicted octanol–water partition coefficient (Wildman–Crippen LogP) is 3.81. The van der Waals surface area contributed by atoms with Crippen LogP contribution in [0.1, 0.15) is 32.6 Å². The normalized spacial score (nSPS) is 12.7. The number of aliphatic hydroxyl groups excluding tert-OH is 1. The number of carbonyl (C=O) groups excluding carboxylic acids is 1. The summed E-state index contributed by atoms with van der Waals surface area (Å²) in [6.45, 7) is 3.66. The van der Waals surface area contributed by atoms with Crippen molar-refractivity contribution in [1.82, 2.24) is 5.32 Å². The van der Waals surface area contributed by atoms with Crippen molar-refractivity contribution in [3.8, 4) is 5.75 Å². The summed E-state index contributed by atoms with van der Waals surface area (Å²) in [4.78, 5) is 13.7. The van der Waals surface area contributed by atoms with E-state index in [4.69, 9.17) is 4.74 Å². The number of hydrogen-bond donors (Lipinski definition) is 2. The van der Waals surface area contributed by atoms with Gasteiger partial charge in [0, 0.05) is 11.4 Å². The van der Waals surface area contributed by atoms with Crippen molar-refractivity contribution in [3.05, 3.63) is 51.2 Å². The predicted molar refractivity (Wildman–Crippen MR) is 93.7 cm³/mol. The summed E-state index contributed by atoms with van der Waals surface area (Å²) in [5.41, 5.74) is 0.283. The second kappa shape index (κ2) is 8.55. The van der Waals surface area contributed by atoms with Gasteiger partial charge < -0.3 is 15.2 Å². The summed E-state index contributed by atoms with van der Waals surface area (Å²) >= 11 is 1.38. The van der Waals surface area contributed by atoms with Gasteiger partial charge >= 0.3 is 6.18 Å². The van der Waals surface area contributed by atoms with Gasteiger partial charge in [-0.25, -0.2) is 0 Å². The van der Waals surface area contributed by atoms with Gasteiger partial charge in [0.05, 0.1) is 10.4 Å². The third-order valence-corrected chi connectivity index (χ3v) is 4.82. The zero-order chi connectivity index (χ0) is 19.3. The van der Waals surface area contributed by atoms with Gasteiger partial charge in [0.25, 0.3) is 5.91 Å². The topological polar surface area (TPSA) is 58.6 Å². The minimum atomic E-state index is -4.46. The first kappa shape index (κ1) is 20.3. The lowest BCUT2D eigenvalue weighted by molar-refractivity contribution is -0.137. The lowest BCUT2D eigenvalue weighted by Gasteiger charge is -2.14. The Balaban J connectivity index is 1.83. The van der Waals surface area contributed by atoms with E-state index in [9.17, 15) is 23.1 Å². The van der Waals surface area contributed by atoms with E-state index in [0.29, 0.717) is 4.88 Å². The van der Waals surface area contributed by atoms with Crippen molar-refractivity contribution >= 4 is 17.2 Å². The molecule has 1 unspecified atom stereocenters. The Morgan fingerprint density at radius 2 is 2.08 bits per heavy atom. The number of aliphatic hydroxyl groups is 1. The third kappa shape index (κ3) is 5.47. The fourth-order valence-corrected chi connectivity index (χ4v) is 3.32. The van der Waals surface area contributed by atoms with Crippen LogP contribution in [-0.4, -0.2) is 30.3 Å². The maximum absolute atomic E-state index is 12.6. The number of carbonyl (C=O) groups is 1. The summed E-state index contributed by atoms with van der Waals surface area (Å²) in [6, 6.07) is 6.24. The van der Waals surface area contributed by atoms with Crippen molar-refractivity contribution in [2.45, 2.75) is 32.5 Å². The third-order valence-electron chi connectivity index (χ3n) is 3.73. The molecule has 0 bridgehead atoms. The summed E-state index contributed by atoms with van der Waals surface area (Å²) in [5.74, 6) is -0.289. The quantitative estimate of drug-likeness (QED) is 0.760. The van der Waals surface area contributed by atoms with E-state index in [1.807, 2.05) is 19.9 Å². The zero-order valence-corrected chi connectivity index (χ0v) is 15.2. The van der Waals surface area contributed by atoms with Crippen LogP contribution in [0.5, 0.6) is 5.75 Å². The van der Waals surface area contributed by atoms with Gasteiger partial charge in [0.15, 0.2) is 0 Å². The van der Waals surface area contributed by atoms with E-state index in [2.05, 4.69) is 5.32 Å². The molecular weight excluding hydrogens is 367 g/mol. The number of hydrogen-bond acceptors (Lipinski definition) is 4. The Hall–Kier alpha value is -2.06. The molecule has 0 spiro atoms. The van der Waals surface area contributed by atoms with E-state index >= 15 is 0 Å². The van der Waals surface area contributed by atoms with E-state index in [1.54, 1.807) is 0 Å². The number of rotatable bonds is 7. The van der Waals surface area contributed by atoms with E-state index < -0.39 is 17.8 Å². The van der Waals surface area contributed by atoms with Gasteiger partial charge in [-0.3, -0.25) is 4.79 Å². The molecule has 4 nitrogen and oxygen atoms in total. The Kier molecular flexibility index (Phi) is 6.66. The van der Waals surface area contributed by atoms with Crippen molar-refractivity contribution in [1.29, 1.82) is 0 Å². The molecule has 2 rings (SSSR count). The number of aryl methyl sites for hydroxylation is 2. The molecular formula is C18H20F3NO3S. The molecule has 0 aliphatic carbocycles. The lowest BCUT2D eigenvalue weighted by atomic mass is 10.2. The highest BCUT2D eigenvalue weighted by Gasteiger charge is 2.30. The number of alkyl halides is 3. The van der Waals surface area contributed by atoms with Gasteiger partial charge in [0.1, 0.15) is 18.5 Å². The second-order valence-corrected chi connectivity index (χ2v) is 7.00. The molecule has 0 saturated carbocycles. The monoisotopic (exact) mass is 387 g/mol. The molecule has 8 heteroatoms. The number of halogens is 3. The van der Waals surface area contributed by atoms with Gasteiger partial charge in [-0.05, 0) is 43.2 Å². The minimum Gasteiger partial charge on any atom is -0.491 e. The Morgan fingerprint density at radius 1 is 1.35 bits per heavy atom. The largest absolute Gasteiger partial charge is 0.491 e. The van der Waals surface area contributed by atoms with Gasteiger partial charge in [-0.1, -0.05) is 13.0 Å². The smallest absolute Gasteiger partial charge is 0.416 e. The molecule has 0 saturated heterocycles. The highest BCUT2D eigenvalue weighted by Crippen LogP contribution is 2.31. The first-order valence-electron chi connectivity index (χ1n) is 8.06. The van der Waals surface area contributed by atoms with Crippen molar-refractivity contribution in [2.75, 3.05) is 13.2 Å². The molecule has 1 amide bonds. The molecule has 1 aromatic carbocycles. The first-order valence-corrected chi connectivity index (χ1v) is 8.88. The average Bonchev–Trinajstić information content (AvgIpc) is 2.98. The maximum atomic E-state index is 12.6. The van der Waals surface area contributed by atoms with Crippen LogP contribution < -0.4 is 10.1 Å². The van der Waals surface area contributed by atoms with Crippen LogP contribution in [0.3, 0.4) is 0 Å². The van der Waals surface area contributed by atoms with Crippen LogP contribution in [0, 0.1) is 6.92 Å². The Bertz CT molecular complexity index is 758.